The number of ether oxygens (including phenoxy) is 1. The summed E-state index contributed by atoms with van der Waals surface area (Å²) in [6.45, 7) is 3.40. The average Bonchev–Trinajstić information content (AvgIpc) is 2.49. The fourth-order valence-corrected chi connectivity index (χ4v) is 2.26. The van der Waals surface area contributed by atoms with Gasteiger partial charge in [0.05, 0.1) is 12.5 Å². The molecule has 1 N–H and O–H groups in total. The molecule has 120 valence electrons. The summed E-state index contributed by atoms with van der Waals surface area (Å²) in [5.41, 5.74) is 1.97. The highest BCUT2D eigenvalue weighted by Gasteiger charge is 2.18. The molecule has 2 rings (SSSR count). The molecule has 0 aromatic heterocycles. The second-order valence-electron chi connectivity index (χ2n) is 5.30. The third kappa shape index (κ3) is 5.42. The second-order valence-corrected chi connectivity index (χ2v) is 5.73. The predicted octanol–water partition coefficient (Wildman–Crippen LogP) is 3.82. The van der Waals surface area contributed by atoms with Crippen LogP contribution in [0.4, 0.5) is 0 Å². The predicted molar refractivity (Wildman–Crippen MR) is 89.4 cm³/mol. The summed E-state index contributed by atoms with van der Waals surface area (Å²) in [4.78, 5) is 23.5. The Morgan fingerprint density at radius 1 is 1.09 bits per heavy atom. The minimum Gasteiger partial charge on any atom is -0.426 e. The number of rotatable bonds is 5. The third-order valence-corrected chi connectivity index (χ3v) is 3.53. The summed E-state index contributed by atoms with van der Waals surface area (Å²) in [6.07, 6.45) is 0.0469. The standard InChI is InChI=1S/C18H18ClNO3/c1-12-3-5-14(6-4-12)17(20-13(2)21)11-18(22)23-16-9-7-15(19)8-10-16/h3-10,17H,11H2,1-2H3,(H,20,21)/t17-/m0/s1. The molecule has 0 heterocycles. The molecule has 0 fully saturated rings. The summed E-state index contributed by atoms with van der Waals surface area (Å²) in [5.74, 6) is -0.202. The first-order valence-corrected chi connectivity index (χ1v) is 7.62. The first-order chi connectivity index (χ1) is 10.9. The molecule has 0 unspecified atom stereocenters. The molecule has 0 aliphatic heterocycles. The van der Waals surface area contributed by atoms with E-state index in [2.05, 4.69) is 5.32 Å². The van der Waals surface area contributed by atoms with Crippen LogP contribution < -0.4 is 10.1 Å². The fraction of sp³-hybridized carbons (Fsp3) is 0.222. The SMILES string of the molecule is CC(=O)N[C@@H](CC(=O)Oc1ccc(Cl)cc1)c1ccc(C)cc1. The first-order valence-electron chi connectivity index (χ1n) is 7.24. The minimum absolute atomic E-state index is 0.0469. The Morgan fingerprint density at radius 3 is 2.26 bits per heavy atom. The summed E-state index contributed by atoms with van der Waals surface area (Å²) in [7, 11) is 0. The lowest BCUT2D eigenvalue weighted by molar-refractivity contribution is -0.135. The van der Waals surface area contributed by atoms with E-state index in [4.69, 9.17) is 16.3 Å². The molecule has 0 aliphatic carbocycles. The zero-order valence-electron chi connectivity index (χ0n) is 13.0. The quantitative estimate of drug-likeness (QED) is 0.669. The van der Waals surface area contributed by atoms with Crippen LogP contribution in [0, 0.1) is 6.92 Å². The van der Waals surface area contributed by atoms with E-state index in [1.165, 1.54) is 6.92 Å². The number of carbonyl (C=O) groups excluding carboxylic acids is 2. The van der Waals surface area contributed by atoms with Crippen LogP contribution in [0.15, 0.2) is 48.5 Å². The fourth-order valence-electron chi connectivity index (χ4n) is 2.14. The summed E-state index contributed by atoms with van der Waals surface area (Å²) >= 11 is 5.79. The summed E-state index contributed by atoms with van der Waals surface area (Å²) in [6, 6.07) is 13.8. The molecule has 2 aromatic carbocycles. The number of aryl methyl sites for hydroxylation is 1. The van der Waals surface area contributed by atoms with Crippen molar-refractivity contribution in [2.75, 3.05) is 0 Å². The lowest BCUT2D eigenvalue weighted by Gasteiger charge is -2.18. The van der Waals surface area contributed by atoms with Gasteiger partial charge in [0, 0.05) is 11.9 Å². The van der Waals surface area contributed by atoms with Crippen LogP contribution in [-0.4, -0.2) is 11.9 Å². The summed E-state index contributed by atoms with van der Waals surface area (Å²) in [5, 5.41) is 3.35. The Bertz CT molecular complexity index is 680. The molecular formula is C18H18ClNO3. The van der Waals surface area contributed by atoms with E-state index in [9.17, 15) is 9.59 Å². The molecule has 4 nitrogen and oxygen atoms in total. The number of esters is 1. The van der Waals surface area contributed by atoms with Gasteiger partial charge in [0.15, 0.2) is 0 Å². The zero-order valence-corrected chi connectivity index (χ0v) is 13.8. The average molecular weight is 332 g/mol. The topological polar surface area (TPSA) is 55.4 Å². The van der Waals surface area contributed by atoms with E-state index >= 15 is 0 Å². The normalized spacial score (nSPS) is 11.6. The largest absolute Gasteiger partial charge is 0.426 e. The molecule has 0 saturated carbocycles. The van der Waals surface area contributed by atoms with Gasteiger partial charge in [0.25, 0.3) is 0 Å². The van der Waals surface area contributed by atoms with Crippen molar-refractivity contribution in [1.29, 1.82) is 0 Å². The van der Waals surface area contributed by atoms with Gasteiger partial charge in [-0.05, 0) is 36.8 Å². The number of carbonyl (C=O) groups is 2. The second kappa shape index (κ2) is 7.79. The minimum atomic E-state index is -0.424. The van der Waals surface area contributed by atoms with Gasteiger partial charge in [-0.15, -0.1) is 0 Å². The third-order valence-electron chi connectivity index (χ3n) is 3.27. The first kappa shape index (κ1) is 17.0. The number of amides is 1. The van der Waals surface area contributed by atoms with Gasteiger partial charge in [0.2, 0.25) is 5.91 Å². The van der Waals surface area contributed by atoms with E-state index in [0.717, 1.165) is 11.1 Å². The van der Waals surface area contributed by atoms with Crippen molar-refractivity contribution < 1.29 is 14.3 Å². The van der Waals surface area contributed by atoms with E-state index in [0.29, 0.717) is 10.8 Å². The molecule has 0 spiro atoms. The van der Waals surface area contributed by atoms with Crippen LogP contribution in [0.2, 0.25) is 5.02 Å². The van der Waals surface area contributed by atoms with Crippen LogP contribution in [0.1, 0.15) is 30.5 Å². The van der Waals surface area contributed by atoms with Crippen molar-refractivity contribution in [2.45, 2.75) is 26.3 Å². The van der Waals surface area contributed by atoms with Gasteiger partial charge in [-0.1, -0.05) is 41.4 Å². The molecule has 0 aliphatic rings. The highest BCUT2D eigenvalue weighted by Crippen LogP contribution is 2.20. The Hall–Kier alpha value is -2.33. The van der Waals surface area contributed by atoms with Gasteiger partial charge < -0.3 is 10.1 Å². The van der Waals surface area contributed by atoms with Crippen molar-refractivity contribution in [3.63, 3.8) is 0 Å². The van der Waals surface area contributed by atoms with Gasteiger partial charge >= 0.3 is 5.97 Å². The molecule has 5 heteroatoms. The molecule has 1 amide bonds. The number of benzene rings is 2. The van der Waals surface area contributed by atoms with Crippen LogP contribution in [0.3, 0.4) is 0 Å². The molecular weight excluding hydrogens is 314 g/mol. The van der Waals surface area contributed by atoms with Crippen LogP contribution in [0.25, 0.3) is 0 Å². The van der Waals surface area contributed by atoms with Crippen molar-refractivity contribution in [3.8, 4) is 5.75 Å². The molecule has 0 saturated heterocycles. The maximum absolute atomic E-state index is 12.1. The van der Waals surface area contributed by atoms with Gasteiger partial charge in [-0.25, -0.2) is 0 Å². The van der Waals surface area contributed by atoms with Crippen LogP contribution in [-0.2, 0) is 9.59 Å². The van der Waals surface area contributed by atoms with Crippen LogP contribution in [0.5, 0.6) is 5.75 Å². The van der Waals surface area contributed by atoms with E-state index in [1.807, 2.05) is 31.2 Å². The molecule has 23 heavy (non-hydrogen) atoms. The maximum Gasteiger partial charge on any atom is 0.313 e. The lowest BCUT2D eigenvalue weighted by atomic mass is 10.0. The molecule has 0 bridgehead atoms. The number of nitrogens with one attached hydrogen (secondary N) is 1. The summed E-state index contributed by atoms with van der Waals surface area (Å²) < 4.78 is 5.28. The molecule has 0 radical (unpaired) electrons. The Balaban J connectivity index is 2.07. The van der Waals surface area contributed by atoms with E-state index in [-0.39, 0.29) is 12.3 Å². The van der Waals surface area contributed by atoms with Gasteiger partial charge in [-0.3, -0.25) is 9.59 Å². The van der Waals surface area contributed by atoms with Crippen molar-refractivity contribution in [2.24, 2.45) is 0 Å². The monoisotopic (exact) mass is 331 g/mol. The van der Waals surface area contributed by atoms with E-state index in [1.54, 1.807) is 24.3 Å². The highest BCUT2D eigenvalue weighted by atomic mass is 35.5. The number of hydrogen-bond acceptors (Lipinski definition) is 3. The maximum atomic E-state index is 12.1. The Morgan fingerprint density at radius 2 is 1.70 bits per heavy atom. The van der Waals surface area contributed by atoms with Crippen LogP contribution >= 0.6 is 11.6 Å². The van der Waals surface area contributed by atoms with E-state index < -0.39 is 12.0 Å². The molecule has 2 aromatic rings. The Labute approximate surface area is 140 Å². The van der Waals surface area contributed by atoms with Gasteiger partial charge in [0.1, 0.15) is 5.75 Å². The van der Waals surface area contributed by atoms with Gasteiger partial charge in [-0.2, -0.15) is 0 Å². The zero-order chi connectivity index (χ0) is 16.8. The van der Waals surface area contributed by atoms with Crippen molar-refractivity contribution >= 4 is 23.5 Å². The Kier molecular flexibility index (Phi) is 5.77. The number of hydrogen-bond donors (Lipinski definition) is 1. The smallest absolute Gasteiger partial charge is 0.313 e. The highest BCUT2D eigenvalue weighted by molar-refractivity contribution is 6.30. The lowest BCUT2D eigenvalue weighted by Crippen LogP contribution is -2.29. The van der Waals surface area contributed by atoms with Crippen molar-refractivity contribution in [1.82, 2.24) is 5.32 Å². The number of halogens is 1. The van der Waals surface area contributed by atoms with Crippen molar-refractivity contribution in [3.05, 3.63) is 64.7 Å². The molecule has 1 atom stereocenters.